The summed E-state index contributed by atoms with van der Waals surface area (Å²) >= 11 is 0. The molecule has 0 unspecified atom stereocenters. The lowest BCUT2D eigenvalue weighted by Gasteiger charge is -2.04. The molecule has 0 atom stereocenters. The van der Waals surface area contributed by atoms with E-state index in [1.165, 1.54) is 18.2 Å². The van der Waals surface area contributed by atoms with Crippen molar-refractivity contribution in [2.45, 2.75) is 12.8 Å². The average Bonchev–Trinajstić information content (AvgIpc) is 2.16. The van der Waals surface area contributed by atoms with Crippen LogP contribution in [0, 0.1) is 0 Å². The minimum atomic E-state index is -3.97. The van der Waals surface area contributed by atoms with Gasteiger partial charge in [0.25, 0.3) is 10.1 Å². The zero-order valence-electron chi connectivity index (χ0n) is 8.46. The molecule has 0 aliphatic carbocycles. The molecule has 0 aromatic heterocycles. The van der Waals surface area contributed by atoms with Crippen molar-refractivity contribution in [3.05, 3.63) is 29.3 Å². The van der Waals surface area contributed by atoms with Gasteiger partial charge in [-0.15, -0.1) is 0 Å². The Balaban J connectivity index is 2.73. The molecule has 88 valence electrons. The maximum Gasteiger partial charge on any atom is 0.264 e. The first-order valence-electron chi connectivity index (χ1n) is 4.64. The van der Waals surface area contributed by atoms with Crippen molar-refractivity contribution in [2.24, 2.45) is 0 Å². The molecule has 0 saturated heterocycles. The Hall–Kier alpha value is -1.40. The van der Waals surface area contributed by atoms with Crippen LogP contribution in [0.3, 0.4) is 0 Å². The summed E-state index contributed by atoms with van der Waals surface area (Å²) in [5.74, 6) is -0.339. The Bertz CT molecular complexity index is 478. The second kappa shape index (κ2) is 5.09. The second-order valence-corrected chi connectivity index (χ2v) is 4.96. The first-order chi connectivity index (χ1) is 7.42. The summed E-state index contributed by atoms with van der Waals surface area (Å²) < 4.78 is 29.5. The molecule has 0 saturated carbocycles. The van der Waals surface area contributed by atoms with Gasteiger partial charge in [0.1, 0.15) is 12.0 Å². The van der Waals surface area contributed by atoms with Gasteiger partial charge in [-0.25, -0.2) is 0 Å². The number of aromatic hydroxyl groups is 1. The Labute approximate surface area is 93.5 Å². The Morgan fingerprint density at radius 3 is 2.56 bits per heavy atom. The number of hydrogen-bond acceptors (Lipinski definition) is 4. The number of phenolic OH excluding ortho intramolecular Hbond substituents is 1. The lowest BCUT2D eigenvalue weighted by atomic mass is 10.0. The normalized spacial score (nSPS) is 11.3. The van der Waals surface area contributed by atoms with Gasteiger partial charge in [-0.3, -0.25) is 9.35 Å². The Morgan fingerprint density at radius 1 is 1.31 bits per heavy atom. The molecular formula is C10H12O5S. The maximum absolute atomic E-state index is 10.6. The molecule has 0 aliphatic rings. The van der Waals surface area contributed by atoms with Crippen LogP contribution in [0.2, 0.25) is 0 Å². The van der Waals surface area contributed by atoms with Crippen LogP contribution >= 0.6 is 0 Å². The first kappa shape index (κ1) is 12.7. The molecule has 0 radical (unpaired) electrons. The molecule has 0 fully saturated rings. The van der Waals surface area contributed by atoms with Crippen LogP contribution in [0.5, 0.6) is 5.75 Å². The van der Waals surface area contributed by atoms with Crippen LogP contribution in [0.1, 0.15) is 22.3 Å². The van der Waals surface area contributed by atoms with E-state index in [2.05, 4.69) is 0 Å². The standard InChI is InChI=1S/C10H12O5S/c11-7-9-3-4-10(12)6-8(9)2-1-5-16(13,14)15/h3-4,6-7,12H,1-2,5H2,(H,13,14,15). The molecule has 1 rings (SSSR count). The predicted octanol–water partition coefficient (Wildman–Crippen LogP) is 1.03. The summed E-state index contributed by atoms with van der Waals surface area (Å²) in [5.41, 5.74) is 0.979. The SMILES string of the molecule is O=Cc1ccc(O)cc1CCCS(=O)(=O)O. The molecule has 16 heavy (non-hydrogen) atoms. The Kier molecular flexibility index (Phi) is 4.03. The lowest BCUT2D eigenvalue weighted by molar-refractivity contribution is 0.112. The number of carbonyl (C=O) groups is 1. The van der Waals surface area contributed by atoms with Crippen molar-refractivity contribution in [2.75, 3.05) is 5.75 Å². The van der Waals surface area contributed by atoms with Gasteiger partial charge in [-0.2, -0.15) is 8.42 Å². The molecular weight excluding hydrogens is 232 g/mol. The van der Waals surface area contributed by atoms with Crippen molar-refractivity contribution in [3.63, 3.8) is 0 Å². The van der Waals surface area contributed by atoms with E-state index < -0.39 is 10.1 Å². The van der Waals surface area contributed by atoms with Crippen LogP contribution in [0.15, 0.2) is 18.2 Å². The van der Waals surface area contributed by atoms with E-state index in [0.717, 1.165) is 0 Å². The van der Waals surface area contributed by atoms with Crippen molar-refractivity contribution in [1.82, 2.24) is 0 Å². The fourth-order valence-electron chi connectivity index (χ4n) is 1.37. The van der Waals surface area contributed by atoms with E-state index in [0.29, 0.717) is 23.8 Å². The summed E-state index contributed by atoms with van der Waals surface area (Å²) in [7, 11) is -3.97. The minimum absolute atomic E-state index is 0.0208. The van der Waals surface area contributed by atoms with Crippen LogP contribution in [-0.4, -0.2) is 30.1 Å². The molecule has 0 spiro atoms. The summed E-state index contributed by atoms with van der Waals surface area (Å²) in [6, 6.07) is 4.26. The van der Waals surface area contributed by atoms with Crippen LogP contribution in [0.25, 0.3) is 0 Å². The Morgan fingerprint density at radius 2 is 2.00 bits per heavy atom. The molecule has 2 N–H and O–H groups in total. The average molecular weight is 244 g/mol. The quantitative estimate of drug-likeness (QED) is 0.596. The highest BCUT2D eigenvalue weighted by Gasteiger charge is 2.07. The van der Waals surface area contributed by atoms with Crippen molar-refractivity contribution < 1.29 is 22.9 Å². The predicted molar refractivity (Wildman–Crippen MR) is 58.2 cm³/mol. The van der Waals surface area contributed by atoms with Gasteiger partial charge >= 0.3 is 0 Å². The number of aryl methyl sites for hydroxylation is 1. The van der Waals surface area contributed by atoms with Gasteiger partial charge in [0.05, 0.1) is 5.75 Å². The topological polar surface area (TPSA) is 91.7 Å². The van der Waals surface area contributed by atoms with Crippen LogP contribution in [-0.2, 0) is 16.5 Å². The third-order valence-corrected chi connectivity index (χ3v) is 2.91. The first-order valence-corrected chi connectivity index (χ1v) is 6.25. The third-order valence-electron chi connectivity index (χ3n) is 2.10. The molecule has 0 bridgehead atoms. The summed E-state index contributed by atoms with van der Waals surface area (Å²) in [4.78, 5) is 10.6. The van der Waals surface area contributed by atoms with E-state index in [1.54, 1.807) is 0 Å². The molecule has 1 aromatic carbocycles. The van der Waals surface area contributed by atoms with Gasteiger partial charge < -0.3 is 5.11 Å². The molecule has 1 aromatic rings. The number of benzene rings is 1. The summed E-state index contributed by atoms with van der Waals surface area (Å²) in [5, 5.41) is 9.21. The maximum atomic E-state index is 10.6. The van der Waals surface area contributed by atoms with Crippen molar-refractivity contribution in [3.8, 4) is 5.75 Å². The number of phenols is 1. The van der Waals surface area contributed by atoms with E-state index >= 15 is 0 Å². The monoisotopic (exact) mass is 244 g/mol. The lowest BCUT2D eigenvalue weighted by Crippen LogP contribution is -2.05. The molecule has 6 heteroatoms. The van der Waals surface area contributed by atoms with Crippen molar-refractivity contribution >= 4 is 16.4 Å². The van der Waals surface area contributed by atoms with E-state index in [4.69, 9.17) is 4.55 Å². The van der Waals surface area contributed by atoms with Crippen molar-refractivity contribution in [1.29, 1.82) is 0 Å². The van der Waals surface area contributed by atoms with E-state index in [1.807, 2.05) is 0 Å². The number of carbonyl (C=O) groups excluding carboxylic acids is 1. The second-order valence-electron chi connectivity index (χ2n) is 3.39. The third kappa shape index (κ3) is 4.00. The number of rotatable bonds is 5. The zero-order valence-corrected chi connectivity index (χ0v) is 9.27. The van der Waals surface area contributed by atoms with E-state index in [-0.39, 0.29) is 17.9 Å². The largest absolute Gasteiger partial charge is 0.508 e. The minimum Gasteiger partial charge on any atom is -0.508 e. The molecule has 0 amide bonds. The highest BCUT2D eigenvalue weighted by molar-refractivity contribution is 7.85. The van der Waals surface area contributed by atoms with E-state index in [9.17, 15) is 18.3 Å². The highest BCUT2D eigenvalue weighted by atomic mass is 32.2. The van der Waals surface area contributed by atoms with Gasteiger partial charge in [-0.1, -0.05) is 0 Å². The summed E-state index contributed by atoms with van der Waals surface area (Å²) in [6.07, 6.45) is 1.15. The molecule has 0 aliphatic heterocycles. The number of aldehydes is 1. The zero-order chi connectivity index (χ0) is 12.2. The fourth-order valence-corrected chi connectivity index (χ4v) is 1.88. The molecule has 0 heterocycles. The van der Waals surface area contributed by atoms with Crippen LogP contribution < -0.4 is 0 Å². The van der Waals surface area contributed by atoms with Gasteiger partial charge in [0, 0.05) is 5.56 Å². The highest BCUT2D eigenvalue weighted by Crippen LogP contribution is 2.17. The van der Waals surface area contributed by atoms with Gasteiger partial charge in [0.15, 0.2) is 0 Å². The summed E-state index contributed by atoms with van der Waals surface area (Å²) in [6.45, 7) is 0. The number of hydrogen-bond donors (Lipinski definition) is 2. The molecule has 5 nitrogen and oxygen atoms in total. The fraction of sp³-hybridized carbons (Fsp3) is 0.300. The van der Waals surface area contributed by atoms with Gasteiger partial charge in [0.2, 0.25) is 0 Å². The smallest absolute Gasteiger partial charge is 0.264 e. The van der Waals surface area contributed by atoms with Crippen LogP contribution in [0.4, 0.5) is 0 Å². The van der Waals surface area contributed by atoms with Gasteiger partial charge in [-0.05, 0) is 36.6 Å².